The second-order valence-corrected chi connectivity index (χ2v) is 4.69. The fourth-order valence-electron chi connectivity index (χ4n) is 1.62. The van der Waals surface area contributed by atoms with Gasteiger partial charge in [0.05, 0.1) is 21.1 Å². The van der Waals surface area contributed by atoms with Crippen LogP contribution in [-0.2, 0) is 0 Å². The highest BCUT2D eigenvalue weighted by molar-refractivity contribution is 5.85. The minimum Gasteiger partial charge on any atom is -0.298 e. The number of halogens is 1. The molecule has 2 heteroatoms. The maximum atomic E-state index is 13.0. The molecule has 2 rings (SSSR count). The molecule has 0 aliphatic rings. The van der Waals surface area contributed by atoms with Gasteiger partial charge in [0.25, 0.3) is 0 Å². The topological polar surface area (TPSA) is 0 Å². The third-order valence-electron chi connectivity index (χ3n) is 2.56. The van der Waals surface area contributed by atoms with Crippen molar-refractivity contribution in [2.24, 2.45) is 0 Å². The second kappa shape index (κ2) is 3.31. The van der Waals surface area contributed by atoms with E-state index in [-0.39, 0.29) is 5.82 Å². The summed E-state index contributed by atoms with van der Waals surface area (Å²) in [7, 11) is 6.35. The van der Waals surface area contributed by atoms with E-state index >= 15 is 0 Å². The first kappa shape index (κ1) is 10.1. The fourth-order valence-corrected chi connectivity index (χ4v) is 1.62. The van der Waals surface area contributed by atoms with Crippen molar-refractivity contribution < 1.29 is 4.39 Å². The maximum Gasteiger partial charge on any atom is 0.132 e. The molecule has 0 unspecified atom stereocenters. The fraction of sp³-hybridized carbons (Fsp3) is 0.231. The van der Waals surface area contributed by atoms with Crippen LogP contribution in [0.5, 0.6) is 0 Å². The summed E-state index contributed by atoms with van der Waals surface area (Å²) in [5.41, 5.74) is 1.22. The highest BCUT2D eigenvalue weighted by Crippen LogP contribution is 2.24. The molecule has 0 aliphatic heterocycles. The number of rotatable bonds is 1. The van der Waals surface area contributed by atoms with Gasteiger partial charge in [-0.05, 0) is 35.0 Å². The number of quaternary nitrogens is 1. The summed E-state index contributed by atoms with van der Waals surface area (Å²) in [4.78, 5) is 0. The van der Waals surface area contributed by atoms with Gasteiger partial charge >= 0.3 is 0 Å². The largest absolute Gasteiger partial charge is 0.298 e. The van der Waals surface area contributed by atoms with E-state index in [9.17, 15) is 4.39 Å². The molecule has 2 aromatic carbocycles. The third-order valence-corrected chi connectivity index (χ3v) is 2.56. The average molecular weight is 204 g/mol. The summed E-state index contributed by atoms with van der Waals surface area (Å²) in [6.45, 7) is 0. The Hall–Kier alpha value is -1.41. The molecule has 0 saturated carbocycles. The van der Waals surface area contributed by atoms with Gasteiger partial charge in [-0.25, -0.2) is 4.39 Å². The van der Waals surface area contributed by atoms with E-state index in [0.29, 0.717) is 0 Å². The predicted octanol–water partition coefficient (Wildman–Crippen LogP) is 3.18. The Labute approximate surface area is 89.3 Å². The molecule has 0 heterocycles. The Bertz CT molecular complexity index is 497. The lowest BCUT2D eigenvalue weighted by Gasteiger charge is -2.23. The summed E-state index contributed by atoms with van der Waals surface area (Å²) in [5.74, 6) is -0.180. The van der Waals surface area contributed by atoms with Crippen LogP contribution in [0.3, 0.4) is 0 Å². The minimum absolute atomic E-state index is 0.180. The summed E-state index contributed by atoms with van der Waals surface area (Å²) < 4.78 is 13.7. The molecule has 0 spiro atoms. The van der Waals surface area contributed by atoms with Crippen molar-refractivity contribution in [3.8, 4) is 0 Å². The zero-order valence-corrected chi connectivity index (χ0v) is 9.29. The number of hydrogen-bond donors (Lipinski definition) is 0. The molecule has 0 saturated heterocycles. The third kappa shape index (κ3) is 2.00. The second-order valence-electron chi connectivity index (χ2n) is 4.69. The van der Waals surface area contributed by atoms with Gasteiger partial charge in [0.15, 0.2) is 0 Å². The van der Waals surface area contributed by atoms with E-state index in [1.807, 2.05) is 18.2 Å². The van der Waals surface area contributed by atoms with Crippen molar-refractivity contribution in [3.63, 3.8) is 0 Å². The number of fused-ring (bicyclic) bond motifs is 1. The molecule has 0 bridgehead atoms. The van der Waals surface area contributed by atoms with Crippen molar-refractivity contribution >= 4 is 16.5 Å². The van der Waals surface area contributed by atoms with Crippen molar-refractivity contribution in [2.75, 3.05) is 21.1 Å². The van der Waals surface area contributed by atoms with E-state index in [1.54, 1.807) is 6.07 Å². The molecule has 0 amide bonds. The van der Waals surface area contributed by atoms with Crippen LogP contribution in [0.25, 0.3) is 10.8 Å². The molecule has 2 aromatic rings. The maximum absolute atomic E-state index is 13.0. The van der Waals surface area contributed by atoms with Gasteiger partial charge in [0, 0.05) is 6.07 Å². The monoisotopic (exact) mass is 204 g/mol. The quantitative estimate of drug-likeness (QED) is 0.626. The molecule has 0 N–H and O–H groups in total. The zero-order valence-electron chi connectivity index (χ0n) is 9.29. The first-order chi connectivity index (χ1) is 6.97. The Balaban J connectivity index is 2.62. The highest BCUT2D eigenvalue weighted by atomic mass is 19.1. The zero-order chi connectivity index (χ0) is 11.1. The standard InChI is InChI=1S/C13H15FN/c1-15(2,3)13-7-5-10-8-12(14)6-4-11(10)9-13/h4-9H,1-3H3/q+1. The van der Waals surface area contributed by atoms with Crippen molar-refractivity contribution in [1.82, 2.24) is 4.48 Å². The van der Waals surface area contributed by atoms with Gasteiger partial charge in [-0.2, -0.15) is 0 Å². The van der Waals surface area contributed by atoms with Gasteiger partial charge in [-0.1, -0.05) is 6.07 Å². The van der Waals surface area contributed by atoms with Crippen molar-refractivity contribution in [3.05, 3.63) is 42.2 Å². The van der Waals surface area contributed by atoms with Crippen LogP contribution in [0.15, 0.2) is 36.4 Å². The summed E-state index contributed by atoms with van der Waals surface area (Å²) in [6, 6.07) is 11.0. The molecule has 0 atom stereocenters. The van der Waals surface area contributed by atoms with Crippen LogP contribution in [-0.4, -0.2) is 21.1 Å². The lowest BCUT2D eigenvalue weighted by Crippen LogP contribution is -2.34. The lowest BCUT2D eigenvalue weighted by atomic mass is 10.1. The van der Waals surface area contributed by atoms with E-state index in [1.165, 1.54) is 11.8 Å². The van der Waals surface area contributed by atoms with E-state index in [4.69, 9.17) is 0 Å². The molecular formula is C13H15FN+. The van der Waals surface area contributed by atoms with Gasteiger partial charge < -0.3 is 0 Å². The Morgan fingerprint density at radius 2 is 1.47 bits per heavy atom. The van der Waals surface area contributed by atoms with E-state index < -0.39 is 0 Å². The van der Waals surface area contributed by atoms with Crippen molar-refractivity contribution in [1.29, 1.82) is 0 Å². The number of benzene rings is 2. The van der Waals surface area contributed by atoms with Crippen molar-refractivity contribution in [2.45, 2.75) is 0 Å². The SMILES string of the molecule is C[N+](C)(C)c1ccc2cc(F)ccc2c1. The average Bonchev–Trinajstić information content (AvgIpc) is 2.15. The molecule has 0 aromatic heterocycles. The molecule has 0 fully saturated rings. The van der Waals surface area contributed by atoms with Crippen LogP contribution in [0.4, 0.5) is 10.1 Å². The summed E-state index contributed by atoms with van der Waals surface area (Å²) >= 11 is 0. The molecular weight excluding hydrogens is 189 g/mol. The molecule has 78 valence electrons. The molecule has 1 nitrogen and oxygen atoms in total. The number of hydrogen-bond acceptors (Lipinski definition) is 0. The van der Waals surface area contributed by atoms with Crippen LogP contribution >= 0.6 is 0 Å². The first-order valence-corrected chi connectivity index (χ1v) is 4.98. The van der Waals surface area contributed by atoms with Crippen LogP contribution in [0.1, 0.15) is 0 Å². The predicted molar refractivity (Wildman–Crippen MR) is 63.5 cm³/mol. The van der Waals surface area contributed by atoms with Gasteiger partial charge in [0.2, 0.25) is 0 Å². The molecule has 15 heavy (non-hydrogen) atoms. The van der Waals surface area contributed by atoms with Gasteiger partial charge in [-0.15, -0.1) is 0 Å². The molecule has 0 aliphatic carbocycles. The van der Waals surface area contributed by atoms with Crippen LogP contribution in [0, 0.1) is 5.82 Å². The first-order valence-electron chi connectivity index (χ1n) is 4.98. The normalized spacial score (nSPS) is 12.0. The smallest absolute Gasteiger partial charge is 0.132 e. The van der Waals surface area contributed by atoms with Crippen LogP contribution in [0.2, 0.25) is 0 Å². The summed E-state index contributed by atoms with van der Waals surface area (Å²) in [5, 5.41) is 2.04. The van der Waals surface area contributed by atoms with E-state index in [0.717, 1.165) is 15.3 Å². The Kier molecular flexibility index (Phi) is 2.24. The van der Waals surface area contributed by atoms with Gasteiger partial charge in [0.1, 0.15) is 11.5 Å². The summed E-state index contributed by atoms with van der Waals surface area (Å²) in [6.07, 6.45) is 0. The Morgan fingerprint density at radius 3 is 2.13 bits per heavy atom. The minimum atomic E-state index is -0.180. The lowest BCUT2D eigenvalue weighted by molar-refractivity contribution is 0.487. The van der Waals surface area contributed by atoms with Gasteiger partial charge in [-0.3, -0.25) is 4.48 Å². The van der Waals surface area contributed by atoms with Crippen LogP contribution < -0.4 is 4.48 Å². The number of nitrogens with zero attached hydrogens (tertiary/aromatic N) is 1. The highest BCUT2D eigenvalue weighted by Gasteiger charge is 2.11. The molecule has 0 radical (unpaired) electrons. The van der Waals surface area contributed by atoms with E-state index in [2.05, 4.69) is 27.2 Å². The Morgan fingerprint density at radius 1 is 0.867 bits per heavy atom.